The molecule has 1 rings (SSSR count). The Morgan fingerprint density at radius 2 is 2.25 bits per heavy atom. The monoisotopic (exact) mass is 304 g/mol. The smallest absolute Gasteiger partial charge is 0.253 e. The van der Waals surface area contributed by atoms with Crippen LogP contribution in [0.5, 0.6) is 0 Å². The van der Waals surface area contributed by atoms with Crippen LogP contribution in [0.1, 0.15) is 10.4 Å². The molecule has 0 spiro atoms. The molecule has 0 aliphatic heterocycles. The fourth-order valence-electron chi connectivity index (χ4n) is 1.23. The number of benzene rings is 1. The number of hydrogen-bond donors (Lipinski definition) is 1. The lowest BCUT2D eigenvalue weighted by atomic mass is 10.2. The first-order valence-corrected chi connectivity index (χ1v) is 6.08. The highest BCUT2D eigenvalue weighted by Gasteiger charge is 2.12. The van der Waals surface area contributed by atoms with Crippen molar-refractivity contribution in [1.29, 1.82) is 0 Å². The summed E-state index contributed by atoms with van der Waals surface area (Å²) >= 11 is 9.23. The first-order valence-electron chi connectivity index (χ1n) is 4.91. The van der Waals surface area contributed by atoms with Crippen LogP contribution < -0.4 is 5.32 Å². The normalized spacial score (nSPS) is 10.2. The van der Waals surface area contributed by atoms with Gasteiger partial charge >= 0.3 is 0 Å². The lowest BCUT2D eigenvalue weighted by molar-refractivity contribution is 0.0797. The third-order valence-corrected chi connectivity index (χ3v) is 3.44. The van der Waals surface area contributed by atoms with E-state index in [0.717, 1.165) is 11.0 Å². The predicted octanol–water partition coefficient (Wildman–Crippen LogP) is 2.39. The molecule has 1 amide bonds. The Hall–Kier alpha value is -0.580. The Labute approximate surface area is 109 Å². The van der Waals surface area contributed by atoms with Crippen molar-refractivity contribution in [3.8, 4) is 0 Å². The molecule has 0 aliphatic rings. The maximum Gasteiger partial charge on any atom is 0.253 e. The zero-order valence-electron chi connectivity index (χ0n) is 9.26. The Balaban J connectivity index is 2.76. The van der Waals surface area contributed by atoms with Crippen molar-refractivity contribution in [2.24, 2.45) is 0 Å². The Bertz CT molecular complexity index is 384. The molecule has 88 valence electrons. The molecule has 5 heteroatoms. The number of halogens is 2. The number of likely N-dealkylation sites (N-methyl/N-ethyl adjacent to an activating group) is 2. The Kier molecular flexibility index (Phi) is 5.25. The average Bonchev–Trinajstić information content (AvgIpc) is 2.28. The average molecular weight is 306 g/mol. The summed E-state index contributed by atoms with van der Waals surface area (Å²) in [6.45, 7) is 1.44. The summed E-state index contributed by atoms with van der Waals surface area (Å²) in [5, 5.41) is 3.55. The fraction of sp³-hybridized carbons (Fsp3) is 0.364. The van der Waals surface area contributed by atoms with Crippen molar-refractivity contribution in [2.45, 2.75) is 0 Å². The molecule has 0 aliphatic carbocycles. The zero-order valence-corrected chi connectivity index (χ0v) is 11.6. The number of hydrogen-bond acceptors (Lipinski definition) is 2. The van der Waals surface area contributed by atoms with Crippen molar-refractivity contribution < 1.29 is 4.79 Å². The number of carbonyl (C=O) groups is 1. The summed E-state index contributed by atoms with van der Waals surface area (Å²) in [5.41, 5.74) is 0.604. The molecule has 0 fully saturated rings. The maximum absolute atomic E-state index is 11.9. The molecule has 1 N–H and O–H groups in total. The van der Waals surface area contributed by atoms with Crippen molar-refractivity contribution in [2.75, 3.05) is 27.2 Å². The first-order chi connectivity index (χ1) is 7.56. The van der Waals surface area contributed by atoms with Crippen molar-refractivity contribution in [3.05, 3.63) is 33.3 Å². The van der Waals surface area contributed by atoms with Gasteiger partial charge in [0, 0.05) is 30.2 Å². The Morgan fingerprint density at radius 1 is 1.56 bits per heavy atom. The lowest BCUT2D eigenvalue weighted by Gasteiger charge is -2.17. The van der Waals surface area contributed by atoms with Crippen LogP contribution in [0.4, 0.5) is 0 Å². The lowest BCUT2D eigenvalue weighted by Crippen LogP contribution is -2.32. The van der Waals surface area contributed by atoms with Gasteiger partial charge in [0.15, 0.2) is 0 Å². The molecule has 0 atom stereocenters. The van der Waals surface area contributed by atoms with Crippen LogP contribution in [-0.2, 0) is 0 Å². The molecule has 0 heterocycles. The maximum atomic E-state index is 11.9. The zero-order chi connectivity index (χ0) is 12.1. The van der Waals surface area contributed by atoms with Gasteiger partial charge in [0.05, 0.1) is 5.02 Å². The van der Waals surface area contributed by atoms with Crippen molar-refractivity contribution in [3.63, 3.8) is 0 Å². The third-order valence-electron chi connectivity index (χ3n) is 2.21. The van der Waals surface area contributed by atoms with E-state index in [4.69, 9.17) is 11.6 Å². The van der Waals surface area contributed by atoms with Crippen LogP contribution in [0.25, 0.3) is 0 Å². The molecule has 0 saturated heterocycles. The topological polar surface area (TPSA) is 32.3 Å². The molecule has 3 nitrogen and oxygen atoms in total. The van der Waals surface area contributed by atoms with Gasteiger partial charge in [-0.2, -0.15) is 0 Å². The number of nitrogens with zero attached hydrogens (tertiary/aromatic N) is 1. The highest BCUT2D eigenvalue weighted by molar-refractivity contribution is 9.10. The summed E-state index contributed by atoms with van der Waals surface area (Å²) in [6, 6.07) is 5.21. The van der Waals surface area contributed by atoms with E-state index in [0.29, 0.717) is 17.1 Å². The number of nitrogens with one attached hydrogen (secondary N) is 1. The van der Waals surface area contributed by atoms with Crippen LogP contribution >= 0.6 is 27.5 Å². The minimum Gasteiger partial charge on any atom is -0.340 e. The van der Waals surface area contributed by atoms with Gasteiger partial charge in [-0.15, -0.1) is 0 Å². The second kappa shape index (κ2) is 6.23. The molecular weight excluding hydrogens is 291 g/mol. The molecule has 1 aromatic rings. The second-order valence-corrected chi connectivity index (χ2v) is 4.72. The van der Waals surface area contributed by atoms with Gasteiger partial charge in [-0.1, -0.05) is 11.6 Å². The van der Waals surface area contributed by atoms with Gasteiger partial charge in [0.1, 0.15) is 0 Å². The fourth-order valence-corrected chi connectivity index (χ4v) is 1.66. The van der Waals surface area contributed by atoms with E-state index in [1.807, 2.05) is 7.05 Å². The van der Waals surface area contributed by atoms with Crippen molar-refractivity contribution >= 4 is 33.4 Å². The molecule has 0 unspecified atom stereocenters. The number of carbonyl (C=O) groups excluding carboxylic acids is 1. The van der Waals surface area contributed by atoms with Gasteiger partial charge in [-0.05, 0) is 41.2 Å². The van der Waals surface area contributed by atoms with Crippen molar-refractivity contribution in [1.82, 2.24) is 10.2 Å². The van der Waals surface area contributed by atoms with E-state index >= 15 is 0 Å². The van der Waals surface area contributed by atoms with E-state index in [1.54, 1.807) is 30.1 Å². The highest BCUT2D eigenvalue weighted by atomic mass is 79.9. The van der Waals surface area contributed by atoms with Gasteiger partial charge in [0.25, 0.3) is 5.91 Å². The minimum absolute atomic E-state index is 0.0235. The van der Waals surface area contributed by atoms with E-state index in [1.165, 1.54) is 0 Å². The van der Waals surface area contributed by atoms with Crippen LogP contribution in [0.3, 0.4) is 0 Å². The minimum atomic E-state index is -0.0235. The van der Waals surface area contributed by atoms with Gasteiger partial charge < -0.3 is 10.2 Å². The molecule has 1 aromatic carbocycles. The van der Waals surface area contributed by atoms with E-state index in [9.17, 15) is 4.79 Å². The molecule has 0 bridgehead atoms. The largest absolute Gasteiger partial charge is 0.340 e. The highest BCUT2D eigenvalue weighted by Crippen LogP contribution is 2.23. The first kappa shape index (κ1) is 13.5. The van der Waals surface area contributed by atoms with Crippen LogP contribution in [0.2, 0.25) is 5.02 Å². The predicted molar refractivity (Wildman–Crippen MR) is 70.0 cm³/mol. The summed E-state index contributed by atoms with van der Waals surface area (Å²) < 4.78 is 0.795. The molecule has 0 aromatic heterocycles. The van der Waals surface area contributed by atoms with Crippen LogP contribution in [0.15, 0.2) is 22.7 Å². The van der Waals surface area contributed by atoms with E-state index in [2.05, 4.69) is 21.2 Å². The Morgan fingerprint density at radius 3 is 2.81 bits per heavy atom. The number of amides is 1. The molecule has 0 radical (unpaired) electrons. The summed E-state index contributed by atoms with van der Waals surface area (Å²) in [4.78, 5) is 13.6. The third kappa shape index (κ3) is 3.47. The van der Waals surface area contributed by atoms with Gasteiger partial charge in [0.2, 0.25) is 0 Å². The summed E-state index contributed by atoms with van der Waals surface area (Å²) in [5.74, 6) is -0.0235. The summed E-state index contributed by atoms with van der Waals surface area (Å²) in [7, 11) is 3.63. The standard InChI is InChI=1S/C11H14BrClN2O/c1-14-5-6-15(2)11(16)8-3-4-9(12)10(13)7-8/h3-4,7,14H,5-6H2,1-2H3. The number of rotatable bonds is 4. The van der Waals surface area contributed by atoms with E-state index < -0.39 is 0 Å². The van der Waals surface area contributed by atoms with Crippen LogP contribution in [-0.4, -0.2) is 38.0 Å². The van der Waals surface area contributed by atoms with E-state index in [-0.39, 0.29) is 5.91 Å². The molecule has 16 heavy (non-hydrogen) atoms. The molecular formula is C11H14BrClN2O. The second-order valence-electron chi connectivity index (χ2n) is 3.46. The molecule has 0 saturated carbocycles. The quantitative estimate of drug-likeness (QED) is 0.926. The summed E-state index contributed by atoms with van der Waals surface area (Å²) in [6.07, 6.45) is 0. The van der Waals surface area contributed by atoms with Crippen LogP contribution in [0, 0.1) is 0 Å². The van der Waals surface area contributed by atoms with Gasteiger partial charge in [-0.3, -0.25) is 4.79 Å². The SMILES string of the molecule is CNCCN(C)C(=O)c1ccc(Br)c(Cl)c1. The van der Waals surface area contributed by atoms with Gasteiger partial charge in [-0.25, -0.2) is 0 Å².